The van der Waals surface area contributed by atoms with Crippen LogP contribution in [0.2, 0.25) is 0 Å². The second kappa shape index (κ2) is 5.70. The number of rotatable bonds is 4. The Morgan fingerprint density at radius 1 is 1.47 bits per heavy atom. The minimum Gasteiger partial charge on any atom is -0.493 e. The van der Waals surface area contributed by atoms with Crippen LogP contribution in [-0.2, 0) is 13.0 Å². The number of nitrogens with zero attached hydrogens (tertiary/aromatic N) is 2. The van der Waals surface area contributed by atoms with Crippen molar-refractivity contribution in [1.29, 1.82) is 5.26 Å². The lowest BCUT2D eigenvalue weighted by atomic mass is 10.0. The summed E-state index contributed by atoms with van der Waals surface area (Å²) in [6, 6.07) is 8.60. The van der Waals surface area contributed by atoms with E-state index in [0.717, 1.165) is 38.3 Å². The Morgan fingerprint density at radius 3 is 3.18 bits per heavy atom. The molecular formula is C14H18N2O. The largest absolute Gasteiger partial charge is 0.493 e. The van der Waals surface area contributed by atoms with Crippen molar-refractivity contribution in [2.24, 2.45) is 0 Å². The predicted octanol–water partition coefficient (Wildman–Crippen LogP) is 2.36. The first-order valence-corrected chi connectivity index (χ1v) is 6.09. The molecule has 1 aliphatic heterocycles. The van der Waals surface area contributed by atoms with E-state index in [2.05, 4.69) is 29.2 Å². The van der Waals surface area contributed by atoms with E-state index in [0.29, 0.717) is 6.42 Å². The molecule has 0 radical (unpaired) electrons. The van der Waals surface area contributed by atoms with Gasteiger partial charge in [0.2, 0.25) is 0 Å². The summed E-state index contributed by atoms with van der Waals surface area (Å²) in [5.74, 6) is 1.04. The fourth-order valence-corrected chi connectivity index (χ4v) is 2.14. The average Bonchev–Trinajstić information content (AvgIpc) is 2.36. The Hall–Kier alpha value is -1.53. The van der Waals surface area contributed by atoms with E-state index in [1.807, 2.05) is 7.05 Å². The summed E-state index contributed by atoms with van der Waals surface area (Å²) in [5, 5.41) is 8.55. The van der Waals surface area contributed by atoms with Crippen LogP contribution in [0.4, 0.5) is 0 Å². The first kappa shape index (κ1) is 11.9. The minimum atomic E-state index is 0.588. The smallest absolute Gasteiger partial charge is 0.122 e. The Morgan fingerprint density at radius 2 is 2.35 bits per heavy atom. The van der Waals surface area contributed by atoms with E-state index < -0.39 is 0 Å². The zero-order valence-electron chi connectivity index (χ0n) is 10.3. The quantitative estimate of drug-likeness (QED) is 0.796. The van der Waals surface area contributed by atoms with Crippen molar-refractivity contribution in [3.63, 3.8) is 0 Å². The van der Waals surface area contributed by atoms with Gasteiger partial charge in [0, 0.05) is 19.5 Å². The molecule has 90 valence electrons. The Bertz CT molecular complexity index is 423. The lowest BCUT2D eigenvalue weighted by Crippen LogP contribution is -2.19. The van der Waals surface area contributed by atoms with Gasteiger partial charge in [-0.05, 0) is 37.1 Å². The molecule has 3 heteroatoms. The fourth-order valence-electron chi connectivity index (χ4n) is 2.14. The zero-order chi connectivity index (χ0) is 12.1. The SMILES string of the molecule is CN(CCC#N)Cc1ccc2c(c1)CCCO2. The molecule has 0 bridgehead atoms. The van der Waals surface area contributed by atoms with Crippen LogP contribution in [-0.4, -0.2) is 25.1 Å². The lowest BCUT2D eigenvalue weighted by molar-refractivity contribution is 0.287. The number of hydrogen-bond acceptors (Lipinski definition) is 3. The van der Waals surface area contributed by atoms with Crippen LogP contribution in [0.5, 0.6) is 5.75 Å². The molecule has 1 heterocycles. The summed E-state index contributed by atoms with van der Waals surface area (Å²) < 4.78 is 5.59. The summed E-state index contributed by atoms with van der Waals surface area (Å²) in [6.45, 7) is 2.56. The molecule has 0 atom stereocenters. The molecule has 0 aliphatic carbocycles. The second-order valence-corrected chi connectivity index (χ2v) is 4.54. The molecule has 1 aromatic rings. The van der Waals surface area contributed by atoms with Crippen LogP contribution in [0.3, 0.4) is 0 Å². The van der Waals surface area contributed by atoms with Gasteiger partial charge in [0.25, 0.3) is 0 Å². The molecule has 1 aromatic carbocycles. The topological polar surface area (TPSA) is 36.3 Å². The van der Waals surface area contributed by atoms with Crippen LogP contribution in [0, 0.1) is 11.3 Å². The van der Waals surface area contributed by atoms with Gasteiger partial charge in [-0.1, -0.05) is 12.1 Å². The standard InChI is InChI=1S/C14H18N2O/c1-16(8-3-7-15)11-12-5-6-14-13(10-12)4-2-9-17-14/h5-6,10H,2-4,8-9,11H2,1H3. The highest BCUT2D eigenvalue weighted by Crippen LogP contribution is 2.25. The van der Waals surface area contributed by atoms with Crippen molar-refractivity contribution in [3.05, 3.63) is 29.3 Å². The van der Waals surface area contributed by atoms with Gasteiger partial charge in [0.1, 0.15) is 5.75 Å². The third-order valence-corrected chi connectivity index (χ3v) is 3.03. The van der Waals surface area contributed by atoms with Crippen LogP contribution < -0.4 is 4.74 Å². The maximum absolute atomic E-state index is 8.55. The number of benzene rings is 1. The molecule has 0 amide bonds. The molecule has 0 saturated heterocycles. The Kier molecular flexibility index (Phi) is 4.00. The molecule has 2 rings (SSSR count). The van der Waals surface area contributed by atoms with Gasteiger partial charge in [0.15, 0.2) is 0 Å². The van der Waals surface area contributed by atoms with Crippen molar-refractivity contribution in [1.82, 2.24) is 4.90 Å². The number of nitriles is 1. The average molecular weight is 230 g/mol. The summed E-state index contributed by atoms with van der Waals surface area (Å²) in [7, 11) is 2.05. The highest BCUT2D eigenvalue weighted by atomic mass is 16.5. The highest BCUT2D eigenvalue weighted by molar-refractivity contribution is 5.38. The number of fused-ring (bicyclic) bond motifs is 1. The van der Waals surface area contributed by atoms with Crippen molar-refractivity contribution in [2.75, 3.05) is 20.2 Å². The molecule has 17 heavy (non-hydrogen) atoms. The van der Waals surface area contributed by atoms with Crippen LogP contribution >= 0.6 is 0 Å². The van der Waals surface area contributed by atoms with E-state index in [1.54, 1.807) is 0 Å². The molecule has 0 saturated carbocycles. The van der Waals surface area contributed by atoms with Crippen molar-refractivity contribution in [3.8, 4) is 11.8 Å². The second-order valence-electron chi connectivity index (χ2n) is 4.54. The van der Waals surface area contributed by atoms with E-state index >= 15 is 0 Å². The third-order valence-electron chi connectivity index (χ3n) is 3.03. The molecule has 0 spiro atoms. The van der Waals surface area contributed by atoms with Crippen LogP contribution in [0.25, 0.3) is 0 Å². The van der Waals surface area contributed by atoms with Crippen molar-refractivity contribution >= 4 is 0 Å². The molecule has 3 nitrogen and oxygen atoms in total. The summed E-state index contributed by atoms with van der Waals surface area (Å²) >= 11 is 0. The molecule has 0 N–H and O–H groups in total. The van der Waals surface area contributed by atoms with Gasteiger partial charge in [0.05, 0.1) is 12.7 Å². The normalized spacial score (nSPS) is 13.9. The molecule has 1 aliphatic rings. The maximum Gasteiger partial charge on any atom is 0.122 e. The van der Waals surface area contributed by atoms with E-state index in [4.69, 9.17) is 10.00 Å². The number of ether oxygens (including phenoxy) is 1. The van der Waals surface area contributed by atoms with E-state index in [1.165, 1.54) is 11.1 Å². The monoisotopic (exact) mass is 230 g/mol. The molecule has 0 aromatic heterocycles. The van der Waals surface area contributed by atoms with Crippen LogP contribution in [0.1, 0.15) is 24.0 Å². The Labute approximate surface area is 103 Å². The molecular weight excluding hydrogens is 212 g/mol. The van der Waals surface area contributed by atoms with Gasteiger partial charge < -0.3 is 9.64 Å². The maximum atomic E-state index is 8.55. The Balaban J connectivity index is 2.00. The fraction of sp³-hybridized carbons (Fsp3) is 0.500. The highest BCUT2D eigenvalue weighted by Gasteiger charge is 2.11. The van der Waals surface area contributed by atoms with Gasteiger partial charge in [-0.15, -0.1) is 0 Å². The first-order chi connectivity index (χ1) is 8.29. The lowest BCUT2D eigenvalue weighted by Gasteiger charge is -2.20. The number of aryl methyl sites for hydroxylation is 1. The van der Waals surface area contributed by atoms with Gasteiger partial charge in [-0.3, -0.25) is 0 Å². The van der Waals surface area contributed by atoms with Gasteiger partial charge >= 0.3 is 0 Å². The summed E-state index contributed by atoms with van der Waals surface area (Å²) in [5.41, 5.74) is 2.62. The van der Waals surface area contributed by atoms with Gasteiger partial charge in [-0.2, -0.15) is 5.26 Å². The number of hydrogen-bond donors (Lipinski definition) is 0. The van der Waals surface area contributed by atoms with Crippen molar-refractivity contribution in [2.45, 2.75) is 25.8 Å². The third kappa shape index (κ3) is 3.21. The van der Waals surface area contributed by atoms with E-state index in [-0.39, 0.29) is 0 Å². The zero-order valence-corrected chi connectivity index (χ0v) is 10.3. The summed E-state index contributed by atoms with van der Waals surface area (Å²) in [6.07, 6.45) is 2.82. The summed E-state index contributed by atoms with van der Waals surface area (Å²) in [4.78, 5) is 2.18. The predicted molar refractivity (Wildman–Crippen MR) is 66.8 cm³/mol. The first-order valence-electron chi connectivity index (χ1n) is 6.09. The van der Waals surface area contributed by atoms with Gasteiger partial charge in [-0.25, -0.2) is 0 Å². The van der Waals surface area contributed by atoms with Crippen molar-refractivity contribution < 1.29 is 4.74 Å². The molecule has 0 unspecified atom stereocenters. The van der Waals surface area contributed by atoms with Crippen LogP contribution in [0.15, 0.2) is 18.2 Å². The minimum absolute atomic E-state index is 0.588. The van der Waals surface area contributed by atoms with E-state index in [9.17, 15) is 0 Å². The molecule has 0 fully saturated rings.